The molecule has 2 fully saturated rings. The van der Waals surface area contributed by atoms with Crippen LogP contribution in [0.4, 0.5) is 0 Å². The fraction of sp³-hybridized carbons (Fsp3) is 0.900. The van der Waals surface area contributed by atoms with Gasteiger partial charge in [0, 0.05) is 32.7 Å². The van der Waals surface area contributed by atoms with E-state index in [2.05, 4.69) is 15.6 Å². The Morgan fingerprint density at radius 3 is 2.67 bits per heavy atom. The first-order valence-electron chi connectivity index (χ1n) is 6.07. The quantitative estimate of drug-likeness (QED) is 0.403. The van der Waals surface area contributed by atoms with Crippen LogP contribution in [0.2, 0.25) is 0 Å². The first-order chi connectivity index (χ1) is 8.12. The molecule has 0 unspecified atom stereocenters. The third kappa shape index (κ3) is 4.54. The highest BCUT2D eigenvalue weighted by Crippen LogP contribution is 2.18. The van der Waals surface area contributed by atoms with Gasteiger partial charge in [-0.15, -0.1) is 24.0 Å². The van der Waals surface area contributed by atoms with E-state index in [4.69, 9.17) is 0 Å². The third-order valence-corrected chi connectivity index (χ3v) is 4.96. The van der Waals surface area contributed by atoms with Crippen molar-refractivity contribution in [3.05, 3.63) is 0 Å². The predicted molar refractivity (Wildman–Crippen MR) is 82.9 cm³/mol. The van der Waals surface area contributed by atoms with Gasteiger partial charge < -0.3 is 10.6 Å². The summed E-state index contributed by atoms with van der Waals surface area (Å²) in [6.07, 6.45) is 3.14. The minimum Gasteiger partial charge on any atom is -0.355 e. The molecule has 6 nitrogen and oxygen atoms in total. The smallest absolute Gasteiger partial charge is 0.214 e. The van der Waals surface area contributed by atoms with E-state index in [1.165, 1.54) is 12.8 Å². The van der Waals surface area contributed by atoms with Crippen molar-refractivity contribution >= 4 is 40.0 Å². The van der Waals surface area contributed by atoms with Gasteiger partial charge in [0.05, 0.1) is 5.75 Å². The maximum absolute atomic E-state index is 11.5. The Hall–Kier alpha value is -0.0900. The summed E-state index contributed by atoms with van der Waals surface area (Å²) in [6.45, 7) is 1.78. The van der Waals surface area contributed by atoms with Crippen LogP contribution in [0.15, 0.2) is 4.99 Å². The molecule has 0 bridgehead atoms. The number of sulfonamides is 1. The summed E-state index contributed by atoms with van der Waals surface area (Å²) in [7, 11) is -1.24. The van der Waals surface area contributed by atoms with E-state index in [0.717, 1.165) is 12.4 Å². The average Bonchev–Trinajstić information content (AvgIpc) is 3.03. The van der Waals surface area contributed by atoms with Crippen molar-refractivity contribution in [1.29, 1.82) is 0 Å². The molecule has 1 heterocycles. The molecule has 1 aliphatic carbocycles. The van der Waals surface area contributed by atoms with Crippen molar-refractivity contribution in [3.8, 4) is 0 Å². The molecule has 2 aliphatic rings. The Bertz CT molecular complexity index is 395. The summed E-state index contributed by atoms with van der Waals surface area (Å²) in [4.78, 5) is 4.10. The summed E-state index contributed by atoms with van der Waals surface area (Å²) in [5.41, 5.74) is 0. The van der Waals surface area contributed by atoms with E-state index in [9.17, 15) is 8.42 Å². The Morgan fingerprint density at radius 2 is 2.17 bits per heavy atom. The van der Waals surface area contributed by atoms with Gasteiger partial charge in [-0.1, -0.05) is 0 Å². The Morgan fingerprint density at radius 1 is 1.44 bits per heavy atom. The summed E-state index contributed by atoms with van der Waals surface area (Å²) < 4.78 is 24.6. The average molecular weight is 388 g/mol. The van der Waals surface area contributed by atoms with Crippen LogP contribution >= 0.6 is 24.0 Å². The van der Waals surface area contributed by atoms with Crippen LogP contribution in [0.5, 0.6) is 0 Å². The van der Waals surface area contributed by atoms with Crippen molar-refractivity contribution < 1.29 is 8.42 Å². The van der Waals surface area contributed by atoms with Crippen molar-refractivity contribution in [3.63, 3.8) is 0 Å². The maximum Gasteiger partial charge on any atom is 0.214 e. The van der Waals surface area contributed by atoms with Gasteiger partial charge in [-0.05, 0) is 19.3 Å². The highest BCUT2D eigenvalue weighted by Gasteiger charge is 2.27. The molecule has 0 aromatic heterocycles. The zero-order valence-electron chi connectivity index (χ0n) is 10.6. The maximum atomic E-state index is 11.5. The summed E-state index contributed by atoms with van der Waals surface area (Å²) >= 11 is 0. The van der Waals surface area contributed by atoms with Crippen molar-refractivity contribution in [2.24, 2.45) is 4.99 Å². The zero-order chi connectivity index (χ0) is 12.3. The number of halogens is 1. The lowest BCUT2D eigenvalue weighted by Gasteiger charge is -2.16. The molecular formula is C10H21IN4O2S. The number of rotatable bonds is 4. The molecule has 0 amide bonds. The van der Waals surface area contributed by atoms with Gasteiger partial charge in [0.2, 0.25) is 10.0 Å². The van der Waals surface area contributed by atoms with E-state index in [-0.39, 0.29) is 24.0 Å². The first kappa shape index (κ1) is 16.0. The summed E-state index contributed by atoms with van der Waals surface area (Å²) in [6, 6.07) is 0.553. The lowest BCUT2D eigenvalue weighted by Crippen LogP contribution is -2.42. The molecule has 2 rings (SSSR count). The lowest BCUT2D eigenvalue weighted by molar-refractivity contribution is 0.445. The fourth-order valence-corrected chi connectivity index (χ4v) is 3.39. The Balaban J connectivity index is 0.00000162. The number of hydrogen-bond acceptors (Lipinski definition) is 3. The molecule has 1 saturated carbocycles. The van der Waals surface area contributed by atoms with E-state index < -0.39 is 10.0 Å². The number of guanidine groups is 1. The van der Waals surface area contributed by atoms with Gasteiger partial charge in [0.15, 0.2) is 5.96 Å². The number of aliphatic imine (C=N–C) groups is 1. The Kier molecular flexibility index (Phi) is 6.12. The highest BCUT2D eigenvalue weighted by atomic mass is 127. The van der Waals surface area contributed by atoms with E-state index in [1.54, 1.807) is 11.4 Å². The van der Waals surface area contributed by atoms with Crippen LogP contribution in [-0.4, -0.2) is 57.2 Å². The second-order valence-electron chi connectivity index (χ2n) is 4.49. The van der Waals surface area contributed by atoms with Gasteiger partial charge in [-0.3, -0.25) is 4.99 Å². The second-order valence-corrected chi connectivity index (χ2v) is 6.57. The second kappa shape index (κ2) is 6.90. The van der Waals surface area contributed by atoms with Crippen molar-refractivity contribution in [1.82, 2.24) is 14.9 Å². The molecule has 106 valence electrons. The number of nitrogens with zero attached hydrogens (tertiary/aromatic N) is 2. The molecule has 0 spiro atoms. The van der Waals surface area contributed by atoms with Crippen LogP contribution < -0.4 is 10.6 Å². The van der Waals surface area contributed by atoms with Crippen LogP contribution in [0.25, 0.3) is 0 Å². The molecule has 0 atom stereocenters. The Labute approximate surface area is 126 Å². The third-order valence-electron chi connectivity index (χ3n) is 3.00. The first-order valence-corrected chi connectivity index (χ1v) is 7.68. The monoisotopic (exact) mass is 388 g/mol. The molecular weight excluding hydrogens is 367 g/mol. The zero-order valence-corrected chi connectivity index (χ0v) is 13.7. The van der Waals surface area contributed by atoms with Gasteiger partial charge in [-0.2, -0.15) is 0 Å². The minimum atomic E-state index is -2.97. The van der Waals surface area contributed by atoms with Crippen LogP contribution in [0, 0.1) is 0 Å². The van der Waals surface area contributed by atoms with Gasteiger partial charge in [-0.25, -0.2) is 12.7 Å². The minimum absolute atomic E-state index is 0. The van der Waals surface area contributed by atoms with Gasteiger partial charge in [0.25, 0.3) is 0 Å². The highest BCUT2D eigenvalue weighted by molar-refractivity contribution is 14.0. The van der Waals surface area contributed by atoms with Crippen LogP contribution in [-0.2, 0) is 10.0 Å². The molecule has 0 radical (unpaired) electrons. The summed E-state index contributed by atoms with van der Waals surface area (Å²) in [5.74, 6) is 1.06. The van der Waals surface area contributed by atoms with Crippen LogP contribution in [0.3, 0.4) is 0 Å². The summed E-state index contributed by atoms with van der Waals surface area (Å²) in [5, 5.41) is 6.40. The normalized spacial score (nSPS) is 23.5. The molecule has 2 N–H and O–H groups in total. The van der Waals surface area contributed by atoms with E-state index >= 15 is 0 Å². The molecule has 0 aromatic rings. The van der Waals surface area contributed by atoms with Gasteiger partial charge in [0.1, 0.15) is 0 Å². The van der Waals surface area contributed by atoms with Crippen molar-refractivity contribution in [2.75, 3.05) is 32.4 Å². The molecule has 18 heavy (non-hydrogen) atoms. The molecule has 1 saturated heterocycles. The largest absolute Gasteiger partial charge is 0.355 e. The lowest BCUT2D eigenvalue weighted by atomic mass is 10.5. The molecule has 8 heteroatoms. The molecule has 0 aromatic carbocycles. The topological polar surface area (TPSA) is 73.8 Å². The number of nitrogens with one attached hydrogen (secondary N) is 2. The van der Waals surface area contributed by atoms with E-state index in [0.29, 0.717) is 31.4 Å². The van der Waals surface area contributed by atoms with E-state index in [1.807, 2.05) is 0 Å². The SMILES string of the molecule is CN=C(NCCN1CCCS1(=O)=O)NC1CC1.I. The number of hydrogen-bond donors (Lipinski definition) is 2. The predicted octanol–water partition coefficient (Wildman–Crippen LogP) is -0.0327. The fourth-order valence-electron chi connectivity index (χ4n) is 1.86. The van der Waals surface area contributed by atoms with Gasteiger partial charge >= 0.3 is 0 Å². The standard InChI is InChI=1S/C10H20N4O2S.HI/c1-11-10(13-9-3-4-9)12-5-7-14-6-2-8-17(14,15)16;/h9H,2-8H2,1H3,(H2,11,12,13);1H. The van der Waals surface area contributed by atoms with Crippen molar-refractivity contribution in [2.45, 2.75) is 25.3 Å². The van der Waals surface area contributed by atoms with Crippen LogP contribution in [0.1, 0.15) is 19.3 Å². The molecule has 1 aliphatic heterocycles.